The lowest BCUT2D eigenvalue weighted by Gasteiger charge is -2.14. The standard InChI is InChI=1S/C23H18ClN5O/c24-15-7-10-20-18(12-15)22(29-21(27-20)14-4-3-11-25-13-14)28-19-6-2-1-5-17(19)23(30)26-16-8-9-16/h1-7,10-13,16H,8-9H2,(H,26,30)(H,27,28,29). The Bertz CT molecular complexity index is 1240. The van der Waals surface area contributed by atoms with E-state index in [0.29, 0.717) is 27.9 Å². The highest BCUT2D eigenvalue weighted by Crippen LogP contribution is 2.30. The number of carbonyl (C=O) groups excluding carboxylic acids is 1. The highest BCUT2D eigenvalue weighted by atomic mass is 35.5. The fraction of sp³-hybridized carbons (Fsp3) is 0.130. The molecule has 30 heavy (non-hydrogen) atoms. The van der Waals surface area contributed by atoms with E-state index < -0.39 is 0 Å². The number of aromatic nitrogens is 3. The maximum absolute atomic E-state index is 12.7. The molecule has 0 aliphatic heterocycles. The molecule has 0 spiro atoms. The summed E-state index contributed by atoms with van der Waals surface area (Å²) < 4.78 is 0. The number of pyridine rings is 1. The second-order valence-electron chi connectivity index (χ2n) is 7.22. The Morgan fingerprint density at radius 2 is 1.90 bits per heavy atom. The van der Waals surface area contributed by atoms with E-state index in [2.05, 4.69) is 20.6 Å². The van der Waals surface area contributed by atoms with Crippen LogP contribution in [0.5, 0.6) is 0 Å². The first-order valence-corrected chi connectivity index (χ1v) is 10.1. The third-order valence-corrected chi connectivity index (χ3v) is 5.15. The van der Waals surface area contributed by atoms with Gasteiger partial charge in [-0.1, -0.05) is 23.7 Å². The van der Waals surface area contributed by atoms with Gasteiger partial charge in [-0.2, -0.15) is 0 Å². The van der Waals surface area contributed by atoms with E-state index in [-0.39, 0.29) is 11.9 Å². The number of para-hydroxylation sites is 1. The van der Waals surface area contributed by atoms with Gasteiger partial charge in [0.05, 0.1) is 16.8 Å². The number of benzene rings is 2. The van der Waals surface area contributed by atoms with Gasteiger partial charge in [0.2, 0.25) is 0 Å². The summed E-state index contributed by atoms with van der Waals surface area (Å²) >= 11 is 6.24. The molecule has 0 radical (unpaired) electrons. The van der Waals surface area contributed by atoms with Crippen LogP contribution in [-0.2, 0) is 0 Å². The molecule has 2 N–H and O–H groups in total. The number of halogens is 1. The van der Waals surface area contributed by atoms with Crippen LogP contribution in [0, 0.1) is 0 Å². The Morgan fingerprint density at radius 1 is 1.03 bits per heavy atom. The Hall–Kier alpha value is -3.51. The Balaban J connectivity index is 1.60. The number of nitrogens with one attached hydrogen (secondary N) is 2. The van der Waals surface area contributed by atoms with Crippen LogP contribution in [0.25, 0.3) is 22.3 Å². The number of hydrogen-bond acceptors (Lipinski definition) is 5. The van der Waals surface area contributed by atoms with Crippen LogP contribution in [0.4, 0.5) is 11.5 Å². The Kier molecular flexibility index (Phi) is 4.77. The molecule has 4 aromatic rings. The lowest BCUT2D eigenvalue weighted by atomic mass is 10.1. The lowest BCUT2D eigenvalue weighted by molar-refractivity contribution is 0.0952. The molecule has 0 atom stereocenters. The van der Waals surface area contributed by atoms with Gasteiger partial charge in [0, 0.05) is 34.4 Å². The number of hydrogen-bond donors (Lipinski definition) is 2. The van der Waals surface area contributed by atoms with Crippen molar-refractivity contribution in [2.75, 3.05) is 5.32 Å². The van der Waals surface area contributed by atoms with Crippen LogP contribution in [0.3, 0.4) is 0 Å². The van der Waals surface area contributed by atoms with Crippen molar-refractivity contribution in [3.05, 3.63) is 77.6 Å². The van der Waals surface area contributed by atoms with Crippen molar-refractivity contribution in [3.63, 3.8) is 0 Å². The average Bonchev–Trinajstić information content (AvgIpc) is 3.59. The average molecular weight is 416 g/mol. The normalized spacial score (nSPS) is 13.2. The van der Waals surface area contributed by atoms with Gasteiger partial charge >= 0.3 is 0 Å². The summed E-state index contributed by atoms with van der Waals surface area (Å²) in [6, 6.07) is 16.9. The minimum absolute atomic E-state index is 0.0931. The summed E-state index contributed by atoms with van der Waals surface area (Å²) in [5.41, 5.74) is 2.79. The third-order valence-electron chi connectivity index (χ3n) is 4.91. The minimum atomic E-state index is -0.0931. The van der Waals surface area contributed by atoms with Crippen LogP contribution in [0.2, 0.25) is 5.02 Å². The van der Waals surface area contributed by atoms with Crippen molar-refractivity contribution in [2.24, 2.45) is 0 Å². The van der Waals surface area contributed by atoms with Gasteiger partial charge < -0.3 is 10.6 Å². The Labute approximate surface area is 178 Å². The first kappa shape index (κ1) is 18.5. The summed E-state index contributed by atoms with van der Waals surface area (Å²) in [4.78, 5) is 26.3. The molecule has 1 fully saturated rings. The van der Waals surface area contributed by atoms with Crippen molar-refractivity contribution < 1.29 is 4.79 Å². The summed E-state index contributed by atoms with van der Waals surface area (Å²) in [7, 11) is 0. The van der Waals surface area contributed by atoms with Gasteiger partial charge in [-0.25, -0.2) is 9.97 Å². The number of anilines is 2. The molecule has 2 heterocycles. The summed E-state index contributed by atoms with van der Waals surface area (Å²) in [6.07, 6.45) is 5.49. The lowest BCUT2D eigenvalue weighted by Crippen LogP contribution is -2.26. The van der Waals surface area contributed by atoms with Crippen molar-refractivity contribution in [1.29, 1.82) is 0 Å². The van der Waals surface area contributed by atoms with Crippen LogP contribution in [-0.4, -0.2) is 26.9 Å². The largest absolute Gasteiger partial charge is 0.349 e. The second kappa shape index (κ2) is 7.72. The number of fused-ring (bicyclic) bond motifs is 1. The zero-order valence-electron chi connectivity index (χ0n) is 16.0. The summed E-state index contributed by atoms with van der Waals surface area (Å²) in [6.45, 7) is 0. The van der Waals surface area contributed by atoms with Gasteiger partial charge in [0.1, 0.15) is 5.82 Å². The molecular weight excluding hydrogens is 398 g/mol. The smallest absolute Gasteiger partial charge is 0.253 e. The first-order chi connectivity index (χ1) is 14.7. The monoisotopic (exact) mass is 415 g/mol. The molecule has 0 bridgehead atoms. The second-order valence-corrected chi connectivity index (χ2v) is 7.65. The molecule has 6 nitrogen and oxygen atoms in total. The van der Waals surface area contributed by atoms with E-state index in [1.165, 1.54) is 0 Å². The SMILES string of the molecule is O=C(NC1CC1)c1ccccc1Nc1nc(-c2cccnc2)nc2ccc(Cl)cc12. The fourth-order valence-corrected chi connectivity index (χ4v) is 3.40. The molecule has 1 saturated carbocycles. The Morgan fingerprint density at radius 3 is 2.70 bits per heavy atom. The van der Waals surface area contributed by atoms with E-state index in [9.17, 15) is 4.79 Å². The van der Waals surface area contributed by atoms with Crippen LogP contribution in [0.1, 0.15) is 23.2 Å². The molecule has 2 aromatic heterocycles. The van der Waals surface area contributed by atoms with Crippen LogP contribution < -0.4 is 10.6 Å². The highest BCUT2D eigenvalue weighted by Gasteiger charge is 2.25. The molecule has 5 rings (SSSR count). The van der Waals surface area contributed by atoms with Crippen molar-refractivity contribution >= 4 is 39.9 Å². The highest BCUT2D eigenvalue weighted by molar-refractivity contribution is 6.31. The van der Waals surface area contributed by atoms with Gasteiger partial charge in [-0.3, -0.25) is 9.78 Å². The predicted octanol–water partition coefficient (Wildman–Crippen LogP) is 4.98. The summed E-state index contributed by atoms with van der Waals surface area (Å²) in [5.74, 6) is 1.03. The first-order valence-electron chi connectivity index (χ1n) is 9.72. The maximum atomic E-state index is 12.7. The van der Waals surface area contributed by atoms with Crippen molar-refractivity contribution in [2.45, 2.75) is 18.9 Å². The van der Waals surface area contributed by atoms with Gasteiger partial charge in [0.15, 0.2) is 5.82 Å². The van der Waals surface area contributed by atoms with Crippen LogP contribution >= 0.6 is 11.6 Å². The molecule has 0 unspecified atom stereocenters. The molecule has 2 aromatic carbocycles. The predicted molar refractivity (Wildman–Crippen MR) is 118 cm³/mol. The van der Waals surface area contributed by atoms with E-state index in [1.54, 1.807) is 24.5 Å². The quantitative estimate of drug-likeness (QED) is 0.480. The van der Waals surface area contributed by atoms with Crippen molar-refractivity contribution in [1.82, 2.24) is 20.3 Å². The minimum Gasteiger partial charge on any atom is -0.349 e. The van der Waals surface area contributed by atoms with E-state index in [0.717, 1.165) is 29.3 Å². The number of carbonyl (C=O) groups is 1. The molecule has 1 aliphatic carbocycles. The van der Waals surface area contributed by atoms with Gasteiger partial charge in [-0.05, 0) is 55.3 Å². The number of nitrogens with zero attached hydrogens (tertiary/aromatic N) is 3. The maximum Gasteiger partial charge on any atom is 0.253 e. The number of rotatable bonds is 5. The van der Waals surface area contributed by atoms with Gasteiger partial charge in [-0.15, -0.1) is 0 Å². The van der Waals surface area contributed by atoms with Crippen LogP contribution in [0.15, 0.2) is 67.0 Å². The summed E-state index contributed by atoms with van der Waals surface area (Å²) in [5, 5.41) is 7.73. The number of amides is 1. The molecule has 1 aliphatic rings. The zero-order valence-corrected chi connectivity index (χ0v) is 16.7. The molecular formula is C23H18ClN5O. The zero-order chi connectivity index (χ0) is 20.5. The van der Waals surface area contributed by atoms with Gasteiger partial charge in [0.25, 0.3) is 5.91 Å². The molecule has 0 saturated heterocycles. The molecule has 1 amide bonds. The van der Waals surface area contributed by atoms with E-state index in [1.807, 2.05) is 42.5 Å². The topological polar surface area (TPSA) is 79.8 Å². The fourth-order valence-electron chi connectivity index (χ4n) is 3.23. The third kappa shape index (κ3) is 3.82. The molecule has 148 valence electrons. The van der Waals surface area contributed by atoms with E-state index in [4.69, 9.17) is 16.6 Å². The van der Waals surface area contributed by atoms with Crippen molar-refractivity contribution in [3.8, 4) is 11.4 Å². The van der Waals surface area contributed by atoms with E-state index >= 15 is 0 Å². The molecule has 7 heteroatoms.